The molecule has 0 heterocycles. The standard InChI is InChI=1S/C13H8Cl2FNO/c14-9-4-1-3-8(7-9)13(18)17-11-6-2-5-10(15)12(11)16/h1-7H,(H,17,18). The molecule has 0 aliphatic rings. The Balaban J connectivity index is 2.24. The van der Waals surface area contributed by atoms with Crippen LogP contribution in [0.1, 0.15) is 10.4 Å². The van der Waals surface area contributed by atoms with Crippen LogP contribution < -0.4 is 5.32 Å². The Hall–Kier alpha value is -1.58. The van der Waals surface area contributed by atoms with Gasteiger partial charge in [-0.2, -0.15) is 0 Å². The summed E-state index contributed by atoms with van der Waals surface area (Å²) >= 11 is 11.4. The van der Waals surface area contributed by atoms with E-state index in [9.17, 15) is 9.18 Å². The maximum atomic E-state index is 13.6. The lowest BCUT2D eigenvalue weighted by Crippen LogP contribution is -2.12. The third kappa shape index (κ3) is 2.81. The summed E-state index contributed by atoms with van der Waals surface area (Å²) in [6, 6.07) is 10.8. The zero-order valence-corrected chi connectivity index (χ0v) is 10.6. The van der Waals surface area contributed by atoms with Gasteiger partial charge in [-0.1, -0.05) is 35.3 Å². The average molecular weight is 284 g/mol. The number of anilines is 1. The van der Waals surface area contributed by atoms with E-state index in [1.165, 1.54) is 18.2 Å². The van der Waals surface area contributed by atoms with E-state index in [0.717, 1.165) is 0 Å². The van der Waals surface area contributed by atoms with Gasteiger partial charge in [-0.05, 0) is 30.3 Å². The second-order valence-electron chi connectivity index (χ2n) is 3.57. The van der Waals surface area contributed by atoms with E-state index in [4.69, 9.17) is 23.2 Å². The minimum atomic E-state index is -0.658. The molecule has 2 rings (SSSR count). The number of hydrogen-bond donors (Lipinski definition) is 1. The number of carbonyl (C=O) groups is 1. The molecule has 2 nitrogen and oxygen atoms in total. The molecule has 18 heavy (non-hydrogen) atoms. The van der Waals surface area contributed by atoms with Gasteiger partial charge >= 0.3 is 0 Å². The van der Waals surface area contributed by atoms with Gasteiger partial charge in [0.15, 0.2) is 5.82 Å². The van der Waals surface area contributed by atoms with E-state index in [-0.39, 0.29) is 10.7 Å². The molecule has 0 atom stereocenters. The van der Waals surface area contributed by atoms with E-state index in [0.29, 0.717) is 10.6 Å². The number of benzene rings is 2. The molecule has 0 fully saturated rings. The highest BCUT2D eigenvalue weighted by molar-refractivity contribution is 6.31. The third-order valence-corrected chi connectivity index (χ3v) is 2.81. The number of hydrogen-bond acceptors (Lipinski definition) is 1. The lowest BCUT2D eigenvalue weighted by molar-refractivity contribution is 0.102. The van der Waals surface area contributed by atoms with E-state index >= 15 is 0 Å². The topological polar surface area (TPSA) is 29.1 Å². The van der Waals surface area contributed by atoms with Crippen molar-refractivity contribution in [3.05, 3.63) is 63.9 Å². The fourth-order valence-corrected chi connectivity index (χ4v) is 1.79. The van der Waals surface area contributed by atoms with Crippen molar-refractivity contribution in [2.75, 3.05) is 5.32 Å². The van der Waals surface area contributed by atoms with Gasteiger partial charge in [0, 0.05) is 10.6 Å². The molecule has 0 saturated carbocycles. The molecule has 2 aromatic carbocycles. The van der Waals surface area contributed by atoms with Crippen LogP contribution in [0, 0.1) is 5.82 Å². The number of amides is 1. The van der Waals surface area contributed by atoms with Gasteiger partial charge in [-0.15, -0.1) is 0 Å². The third-order valence-electron chi connectivity index (χ3n) is 2.29. The molecular formula is C13H8Cl2FNO. The van der Waals surface area contributed by atoms with Crippen LogP contribution in [0.4, 0.5) is 10.1 Å². The Morgan fingerprint density at radius 2 is 1.83 bits per heavy atom. The number of nitrogens with one attached hydrogen (secondary N) is 1. The molecule has 1 amide bonds. The predicted molar refractivity (Wildman–Crippen MR) is 70.8 cm³/mol. The summed E-state index contributed by atoms with van der Waals surface area (Å²) in [6.07, 6.45) is 0. The van der Waals surface area contributed by atoms with Crippen molar-refractivity contribution in [1.82, 2.24) is 0 Å². The largest absolute Gasteiger partial charge is 0.319 e. The Morgan fingerprint density at radius 3 is 2.56 bits per heavy atom. The lowest BCUT2D eigenvalue weighted by atomic mass is 10.2. The lowest BCUT2D eigenvalue weighted by Gasteiger charge is -2.07. The van der Waals surface area contributed by atoms with Gasteiger partial charge < -0.3 is 5.32 Å². The quantitative estimate of drug-likeness (QED) is 0.870. The Morgan fingerprint density at radius 1 is 1.11 bits per heavy atom. The van der Waals surface area contributed by atoms with Gasteiger partial charge in [-0.3, -0.25) is 4.79 Å². The molecule has 2 aromatic rings. The van der Waals surface area contributed by atoms with E-state index in [1.807, 2.05) is 0 Å². The maximum absolute atomic E-state index is 13.6. The number of carbonyl (C=O) groups excluding carboxylic acids is 1. The molecular weight excluding hydrogens is 276 g/mol. The van der Waals surface area contributed by atoms with Crippen LogP contribution in [0.2, 0.25) is 10.0 Å². The first-order chi connectivity index (χ1) is 8.58. The van der Waals surface area contributed by atoms with Crippen molar-refractivity contribution >= 4 is 34.8 Å². The monoisotopic (exact) mass is 283 g/mol. The molecule has 0 spiro atoms. The zero-order valence-electron chi connectivity index (χ0n) is 9.08. The first-order valence-corrected chi connectivity index (χ1v) is 5.84. The minimum absolute atomic E-state index is 0.0347. The van der Waals surface area contributed by atoms with Gasteiger partial charge in [0.2, 0.25) is 0 Å². The van der Waals surface area contributed by atoms with Crippen molar-refractivity contribution in [1.29, 1.82) is 0 Å². The minimum Gasteiger partial charge on any atom is -0.319 e. The van der Waals surface area contributed by atoms with Crippen molar-refractivity contribution in [3.63, 3.8) is 0 Å². The van der Waals surface area contributed by atoms with Gasteiger partial charge in [-0.25, -0.2) is 4.39 Å². The maximum Gasteiger partial charge on any atom is 0.255 e. The summed E-state index contributed by atoms with van der Waals surface area (Å²) in [5.41, 5.74) is 0.384. The molecule has 0 radical (unpaired) electrons. The highest BCUT2D eigenvalue weighted by atomic mass is 35.5. The Kier molecular flexibility index (Phi) is 3.84. The molecule has 0 aliphatic carbocycles. The fraction of sp³-hybridized carbons (Fsp3) is 0. The average Bonchev–Trinajstić information content (AvgIpc) is 2.35. The van der Waals surface area contributed by atoms with E-state index in [2.05, 4.69) is 5.32 Å². The number of rotatable bonds is 2. The molecule has 0 saturated heterocycles. The second-order valence-corrected chi connectivity index (χ2v) is 4.41. The second kappa shape index (κ2) is 5.38. The van der Waals surface area contributed by atoms with Gasteiger partial charge in [0.25, 0.3) is 5.91 Å². The highest BCUT2D eigenvalue weighted by Crippen LogP contribution is 2.22. The molecule has 5 heteroatoms. The summed E-state index contributed by atoms with van der Waals surface area (Å²) in [4.78, 5) is 11.9. The first-order valence-electron chi connectivity index (χ1n) is 5.09. The van der Waals surface area contributed by atoms with Crippen LogP contribution in [-0.2, 0) is 0 Å². The molecule has 0 unspecified atom stereocenters. The van der Waals surface area contributed by atoms with Crippen LogP contribution in [0.3, 0.4) is 0 Å². The van der Waals surface area contributed by atoms with Crippen molar-refractivity contribution in [3.8, 4) is 0 Å². The van der Waals surface area contributed by atoms with Crippen molar-refractivity contribution < 1.29 is 9.18 Å². The van der Waals surface area contributed by atoms with Crippen LogP contribution in [-0.4, -0.2) is 5.91 Å². The molecule has 1 N–H and O–H groups in total. The first kappa shape index (κ1) is 12.9. The molecule has 0 bridgehead atoms. The van der Waals surface area contributed by atoms with E-state index in [1.54, 1.807) is 24.3 Å². The fourth-order valence-electron chi connectivity index (χ4n) is 1.42. The van der Waals surface area contributed by atoms with Crippen LogP contribution >= 0.6 is 23.2 Å². The number of halogens is 3. The van der Waals surface area contributed by atoms with Crippen molar-refractivity contribution in [2.24, 2.45) is 0 Å². The summed E-state index contributed by atoms with van der Waals surface area (Å²) in [6.45, 7) is 0. The summed E-state index contributed by atoms with van der Waals surface area (Å²) in [5, 5.41) is 2.83. The van der Waals surface area contributed by atoms with Crippen molar-refractivity contribution in [2.45, 2.75) is 0 Å². The van der Waals surface area contributed by atoms with E-state index < -0.39 is 11.7 Å². The summed E-state index contributed by atoms with van der Waals surface area (Å²) in [7, 11) is 0. The Labute approximate surface area is 113 Å². The SMILES string of the molecule is O=C(Nc1cccc(Cl)c1F)c1cccc(Cl)c1. The van der Waals surface area contributed by atoms with Crippen LogP contribution in [0.5, 0.6) is 0 Å². The highest BCUT2D eigenvalue weighted by Gasteiger charge is 2.11. The molecule has 0 aliphatic heterocycles. The molecule has 0 aromatic heterocycles. The van der Waals surface area contributed by atoms with Gasteiger partial charge in [0.05, 0.1) is 10.7 Å². The van der Waals surface area contributed by atoms with Crippen LogP contribution in [0.25, 0.3) is 0 Å². The zero-order chi connectivity index (χ0) is 13.1. The smallest absolute Gasteiger partial charge is 0.255 e. The summed E-state index contributed by atoms with van der Waals surface area (Å²) in [5.74, 6) is -1.10. The Bertz CT molecular complexity index is 601. The predicted octanol–water partition coefficient (Wildman–Crippen LogP) is 4.38. The van der Waals surface area contributed by atoms with Gasteiger partial charge in [0.1, 0.15) is 0 Å². The summed E-state index contributed by atoms with van der Waals surface area (Å²) < 4.78 is 13.6. The van der Waals surface area contributed by atoms with Crippen LogP contribution in [0.15, 0.2) is 42.5 Å². The molecule has 92 valence electrons. The normalized spacial score (nSPS) is 10.2.